The van der Waals surface area contributed by atoms with Gasteiger partial charge in [0, 0.05) is 0 Å². The summed E-state index contributed by atoms with van der Waals surface area (Å²) < 4.78 is 8.19. The second-order valence-corrected chi connectivity index (χ2v) is 1.94. The Morgan fingerprint density at radius 1 is 0.812 bits per heavy atom. The summed E-state index contributed by atoms with van der Waals surface area (Å²) in [6, 6.07) is 0. The molecule has 0 spiro atoms. The first-order valence-electron chi connectivity index (χ1n) is 3.35. The summed E-state index contributed by atoms with van der Waals surface area (Å²) in [5.41, 5.74) is 18.3. The zero-order valence-corrected chi connectivity index (χ0v) is 9.43. The zero-order chi connectivity index (χ0) is 13.7. The summed E-state index contributed by atoms with van der Waals surface area (Å²) >= 11 is 1.06. The van der Waals surface area contributed by atoms with Gasteiger partial charge in [-0.1, -0.05) is 0 Å². The van der Waals surface area contributed by atoms with E-state index in [9.17, 15) is 9.59 Å². The Morgan fingerprint density at radius 2 is 1.00 bits per heavy atom. The molecule has 0 aromatic heterocycles. The Morgan fingerprint density at radius 3 is 1.00 bits per heavy atom. The molecule has 0 rings (SSSR count). The van der Waals surface area contributed by atoms with Gasteiger partial charge in [0.1, 0.15) is 0 Å². The maximum absolute atomic E-state index is 9.72. The van der Waals surface area contributed by atoms with Gasteiger partial charge in [0.2, 0.25) is 11.8 Å². The van der Waals surface area contributed by atoms with E-state index in [1.807, 2.05) is 0 Å². The predicted octanol–water partition coefficient (Wildman–Crippen LogP) is -2.46. The van der Waals surface area contributed by atoms with Crippen LogP contribution in [0.1, 0.15) is 0 Å². The van der Waals surface area contributed by atoms with Crippen LogP contribution in [0.25, 0.3) is 0 Å². The first-order valence-corrected chi connectivity index (χ1v) is 3.92. The molecule has 0 atom stereocenters. The molecule has 0 aliphatic heterocycles. The average Bonchev–Trinajstić information content (AvgIpc) is 2.03. The van der Waals surface area contributed by atoms with Crippen LogP contribution in [0, 0.1) is 0 Å². The van der Waals surface area contributed by atoms with Crippen molar-refractivity contribution in [3.63, 3.8) is 0 Å². The Bertz CT molecular complexity index is 255. The van der Waals surface area contributed by atoms with E-state index < -0.39 is 23.6 Å². The number of hydrogen-bond donors (Lipinski definition) is 6. The van der Waals surface area contributed by atoms with Crippen molar-refractivity contribution in [2.75, 3.05) is 0 Å². The van der Waals surface area contributed by atoms with E-state index >= 15 is 0 Å². The second-order valence-electron chi connectivity index (χ2n) is 1.94. The minimum atomic E-state index is -0.750. The Labute approximate surface area is 100.0 Å². The molecule has 0 unspecified atom stereocenters. The normalized spacial score (nSPS) is 9.94. The van der Waals surface area contributed by atoms with Crippen molar-refractivity contribution in [1.29, 1.82) is 0 Å². The molecule has 10 heteroatoms. The maximum atomic E-state index is 9.72. The number of rotatable bonds is 2. The first-order chi connectivity index (χ1) is 7.25. The summed E-state index contributed by atoms with van der Waals surface area (Å²) in [5, 5.41) is 16.1. The van der Waals surface area contributed by atoms with Gasteiger partial charge in [0.25, 0.3) is 0 Å². The second kappa shape index (κ2) is 13.0. The number of aliphatic hydroxyl groups is 2. The number of hydrogen-bond acceptors (Lipinski definition) is 7. The molecule has 0 fully saturated rings. The predicted molar refractivity (Wildman–Crippen MR) is 48.9 cm³/mol. The van der Waals surface area contributed by atoms with Gasteiger partial charge < -0.3 is 33.1 Å². The monoisotopic (exact) mass is 271 g/mol. The fourth-order valence-electron chi connectivity index (χ4n) is 0.292. The van der Waals surface area contributed by atoms with Crippen LogP contribution >= 0.6 is 0 Å². The molecular formula is C6H12N4O5V. The molecule has 0 aromatic rings. The fourth-order valence-corrected chi connectivity index (χ4v) is 0.292. The molecule has 0 saturated carbocycles. The fraction of sp³-hybridized carbons (Fsp3) is 0. The first kappa shape index (κ1) is 19.6. The summed E-state index contributed by atoms with van der Waals surface area (Å²) in [7, 11) is 0. The van der Waals surface area contributed by atoms with E-state index in [1.54, 1.807) is 0 Å². The topological polar surface area (TPSA) is 196 Å². The van der Waals surface area contributed by atoms with Gasteiger partial charge >= 0.3 is 21.0 Å². The van der Waals surface area contributed by atoms with Gasteiger partial charge in [0.05, 0.1) is 12.2 Å². The van der Waals surface area contributed by atoms with Crippen LogP contribution in [-0.2, 0) is 30.6 Å². The van der Waals surface area contributed by atoms with Crippen LogP contribution in [0.5, 0.6) is 0 Å². The van der Waals surface area contributed by atoms with Gasteiger partial charge in [0.15, 0.2) is 11.8 Å². The molecule has 0 aliphatic carbocycles. The molecule has 0 radical (unpaired) electrons. The number of carbonyl (C=O) groups is 2. The van der Waals surface area contributed by atoms with Crippen LogP contribution in [0.4, 0.5) is 0 Å². The van der Waals surface area contributed by atoms with Crippen molar-refractivity contribution >= 4 is 11.8 Å². The third kappa shape index (κ3) is 40.3. The van der Waals surface area contributed by atoms with Gasteiger partial charge in [-0.2, -0.15) is 0 Å². The van der Waals surface area contributed by atoms with Crippen molar-refractivity contribution in [1.82, 2.24) is 0 Å². The van der Waals surface area contributed by atoms with Gasteiger partial charge in [-0.05, 0) is 0 Å². The molecule has 0 saturated heterocycles. The van der Waals surface area contributed by atoms with Crippen LogP contribution in [0.2, 0.25) is 0 Å². The molecule has 0 bridgehead atoms. The number of carbonyl (C=O) groups excluding carboxylic acids is 2. The van der Waals surface area contributed by atoms with E-state index in [1.165, 1.54) is 0 Å². The van der Waals surface area contributed by atoms with E-state index in [0.717, 1.165) is 29.5 Å². The number of nitrogens with two attached hydrogens (primary N) is 4. The van der Waals surface area contributed by atoms with Crippen LogP contribution in [-0.4, -0.2) is 22.0 Å². The van der Waals surface area contributed by atoms with Crippen molar-refractivity contribution in [3.8, 4) is 0 Å². The molecular weight excluding hydrogens is 259 g/mol. The van der Waals surface area contributed by atoms with E-state index in [2.05, 4.69) is 22.9 Å². The van der Waals surface area contributed by atoms with E-state index in [0.29, 0.717) is 0 Å². The summed E-state index contributed by atoms with van der Waals surface area (Å²) in [4.78, 5) is 19.4. The number of amides is 2. The molecule has 0 aromatic carbocycles. The van der Waals surface area contributed by atoms with Crippen LogP contribution in [0.3, 0.4) is 0 Å². The molecule has 9 nitrogen and oxygen atoms in total. The van der Waals surface area contributed by atoms with Crippen molar-refractivity contribution in [3.05, 3.63) is 23.9 Å². The Kier molecular flexibility index (Phi) is 15.9. The molecule has 91 valence electrons. The number of aliphatic hydroxyl groups excluding tert-OH is 2. The van der Waals surface area contributed by atoms with Crippen molar-refractivity contribution < 1.29 is 40.8 Å². The van der Waals surface area contributed by atoms with Gasteiger partial charge in [-0.3, -0.25) is 9.59 Å². The Balaban J connectivity index is -0.000000183. The van der Waals surface area contributed by atoms with Gasteiger partial charge in [-0.25, -0.2) is 0 Å². The molecule has 0 heterocycles. The average molecular weight is 271 g/mol. The third-order valence-electron chi connectivity index (χ3n) is 0.580. The molecule has 2 amide bonds. The summed E-state index contributed by atoms with van der Waals surface area (Å²) in [6.07, 6.45) is 1.44. The van der Waals surface area contributed by atoms with E-state index in [-0.39, 0.29) is 0 Å². The van der Waals surface area contributed by atoms with Crippen LogP contribution < -0.4 is 22.9 Å². The SMILES string of the molecule is NC(=O)/C=C(/N)O.NC(=O)/C=C(/N)O.[O]=[V]. The van der Waals surface area contributed by atoms with Crippen LogP contribution in [0.15, 0.2) is 23.9 Å². The third-order valence-corrected chi connectivity index (χ3v) is 0.580. The van der Waals surface area contributed by atoms with Gasteiger partial charge in [-0.15, -0.1) is 0 Å². The van der Waals surface area contributed by atoms with Crippen molar-refractivity contribution in [2.45, 2.75) is 0 Å². The zero-order valence-electron chi connectivity index (χ0n) is 8.03. The summed E-state index contributed by atoms with van der Waals surface area (Å²) in [5.74, 6) is -2.62. The standard InChI is InChI=1S/2C3H6N2O2.O.V/c2*4-2(6)1-3(5)7;;/h2*1,6H,4H2,(H2,5,7);;/b2*2-1-;;. The minimum absolute atomic E-state index is 0.562. The molecule has 10 N–H and O–H groups in total. The number of primary amides is 2. The summed E-state index contributed by atoms with van der Waals surface area (Å²) in [6.45, 7) is 0. The van der Waals surface area contributed by atoms with E-state index in [4.69, 9.17) is 13.9 Å². The quantitative estimate of drug-likeness (QED) is 0.236. The van der Waals surface area contributed by atoms with Crippen molar-refractivity contribution in [2.24, 2.45) is 22.9 Å². The Hall–Kier alpha value is -2.00. The molecule has 16 heavy (non-hydrogen) atoms. The molecule has 0 aliphatic rings.